The maximum absolute atomic E-state index is 12.8. The van der Waals surface area contributed by atoms with Gasteiger partial charge in [-0.25, -0.2) is 9.59 Å². The number of fused-ring (bicyclic) bond motifs is 1. The molecule has 0 saturated carbocycles. The summed E-state index contributed by atoms with van der Waals surface area (Å²) < 4.78 is 3.88. The zero-order chi connectivity index (χ0) is 23.6. The summed E-state index contributed by atoms with van der Waals surface area (Å²) in [4.78, 5) is 58.7. The first-order valence-corrected chi connectivity index (χ1v) is 11.9. The van der Waals surface area contributed by atoms with E-state index in [0.29, 0.717) is 16.4 Å². The van der Waals surface area contributed by atoms with Crippen molar-refractivity contribution in [3.63, 3.8) is 0 Å². The van der Waals surface area contributed by atoms with Gasteiger partial charge in [-0.3, -0.25) is 14.5 Å². The van der Waals surface area contributed by atoms with Crippen molar-refractivity contribution in [1.82, 2.24) is 19.6 Å². The van der Waals surface area contributed by atoms with Crippen molar-refractivity contribution in [2.75, 3.05) is 17.2 Å². The SMILES string of the molecule is CCSC1=C(C(=O)O)N2C(=O)C(NC(=O)C(=NOC(C)C(=O)O)c3nsc(N)n3)[C@@H]2SC1. The molecule has 1 aromatic heterocycles. The first-order chi connectivity index (χ1) is 15.1. The van der Waals surface area contributed by atoms with Gasteiger partial charge in [-0.15, -0.1) is 23.5 Å². The first-order valence-electron chi connectivity index (χ1n) is 9.06. The number of amides is 2. The third kappa shape index (κ3) is 4.66. The number of rotatable bonds is 9. The smallest absolute Gasteiger partial charge is 0.353 e. The van der Waals surface area contributed by atoms with Crippen LogP contribution in [0.25, 0.3) is 0 Å². The van der Waals surface area contributed by atoms with Gasteiger partial charge in [0, 0.05) is 22.2 Å². The van der Waals surface area contributed by atoms with Crippen molar-refractivity contribution in [2.24, 2.45) is 5.16 Å². The van der Waals surface area contributed by atoms with Gasteiger partial charge in [-0.2, -0.15) is 9.36 Å². The number of nitrogens with one attached hydrogen (secondary N) is 1. The lowest BCUT2D eigenvalue weighted by molar-refractivity contribution is -0.150. The fourth-order valence-electron chi connectivity index (χ4n) is 2.78. The molecule has 0 radical (unpaired) electrons. The van der Waals surface area contributed by atoms with Crippen molar-refractivity contribution in [3.05, 3.63) is 16.4 Å². The molecule has 3 heterocycles. The second kappa shape index (κ2) is 9.74. The molecule has 0 aromatic carbocycles. The van der Waals surface area contributed by atoms with Crippen LogP contribution in [0.1, 0.15) is 19.7 Å². The maximum atomic E-state index is 12.8. The van der Waals surface area contributed by atoms with Crippen LogP contribution >= 0.6 is 35.1 Å². The molecule has 0 aliphatic carbocycles. The number of anilines is 1. The van der Waals surface area contributed by atoms with Crippen LogP contribution in [-0.4, -0.2) is 83.0 Å². The number of carboxylic acids is 2. The summed E-state index contributed by atoms with van der Waals surface area (Å²) in [6.07, 6.45) is -1.36. The van der Waals surface area contributed by atoms with Gasteiger partial charge in [-0.05, 0) is 12.7 Å². The van der Waals surface area contributed by atoms with Gasteiger partial charge in [0.1, 0.15) is 17.1 Å². The number of oxime groups is 1. The molecule has 3 atom stereocenters. The van der Waals surface area contributed by atoms with E-state index in [1.54, 1.807) is 0 Å². The second-order valence-corrected chi connectivity index (χ2v) is 9.60. The number of nitrogen functional groups attached to an aromatic ring is 1. The Morgan fingerprint density at radius 3 is 2.72 bits per heavy atom. The van der Waals surface area contributed by atoms with Gasteiger partial charge in [0.2, 0.25) is 17.6 Å². The molecule has 2 unspecified atom stereocenters. The molecule has 2 aliphatic rings. The zero-order valence-corrected chi connectivity index (χ0v) is 19.1. The van der Waals surface area contributed by atoms with Gasteiger partial charge in [0.25, 0.3) is 11.8 Å². The number of aliphatic carboxylic acids is 2. The molecule has 1 saturated heterocycles. The molecule has 16 heteroatoms. The van der Waals surface area contributed by atoms with Crippen molar-refractivity contribution in [1.29, 1.82) is 0 Å². The summed E-state index contributed by atoms with van der Waals surface area (Å²) in [5.74, 6) is -3.18. The number of β-lactam (4-membered cyclic amide) rings is 1. The number of hydrogen-bond donors (Lipinski definition) is 4. The third-order valence-electron chi connectivity index (χ3n) is 4.26. The van der Waals surface area contributed by atoms with Crippen LogP contribution < -0.4 is 11.1 Å². The molecule has 5 N–H and O–H groups in total. The Morgan fingerprint density at radius 2 is 2.16 bits per heavy atom. The Hall–Kier alpha value is -2.85. The highest BCUT2D eigenvalue weighted by atomic mass is 32.2. The summed E-state index contributed by atoms with van der Waals surface area (Å²) in [5.41, 5.74) is 5.00. The summed E-state index contributed by atoms with van der Waals surface area (Å²) in [6.45, 7) is 3.09. The van der Waals surface area contributed by atoms with Crippen LogP contribution in [-0.2, 0) is 24.0 Å². The number of carboxylic acid groups (broad SMARTS) is 2. The summed E-state index contributed by atoms with van der Waals surface area (Å²) in [5, 5.41) is 24.0. The average molecular weight is 503 g/mol. The molecule has 13 nitrogen and oxygen atoms in total. The van der Waals surface area contributed by atoms with Crippen molar-refractivity contribution in [3.8, 4) is 0 Å². The predicted molar refractivity (Wildman–Crippen MR) is 117 cm³/mol. The monoisotopic (exact) mass is 502 g/mol. The van der Waals surface area contributed by atoms with E-state index in [9.17, 15) is 24.3 Å². The van der Waals surface area contributed by atoms with Crippen LogP contribution in [0.5, 0.6) is 0 Å². The quantitative estimate of drug-likeness (QED) is 0.197. The minimum atomic E-state index is -1.36. The van der Waals surface area contributed by atoms with Gasteiger partial charge < -0.3 is 26.1 Å². The van der Waals surface area contributed by atoms with Crippen LogP contribution in [0.4, 0.5) is 5.13 Å². The lowest BCUT2D eigenvalue weighted by Gasteiger charge is -2.49. The minimum Gasteiger partial charge on any atom is -0.478 e. The average Bonchev–Trinajstić information content (AvgIpc) is 3.17. The number of carbonyl (C=O) groups is 4. The van der Waals surface area contributed by atoms with E-state index in [0.717, 1.165) is 16.4 Å². The molecule has 0 bridgehead atoms. The number of aromatic nitrogens is 2. The summed E-state index contributed by atoms with van der Waals surface area (Å²) in [6, 6.07) is -1.02. The number of nitrogens with two attached hydrogens (primary N) is 1. The van der Waals surface area contributed by atoms with E-state index in [1.165, 1.54) is 30.4 Å². The van der Waals surface area contributed by atoms with Crippen LogP contribution in [0.2, 0.25) is 0 Å². The predicted octanol–water partition coefficient (Wildman–Crippen LogP) is -0.237. The van der Waals surface area contributed by atoms with E-state index in [1.807, 2.05) is 6.92 Å². The van der Waals surface area contributed by atoms with E-state index in [2.05, 4.69) is 19.8 Å². The molecule has 2 amide bonds. The largest absolute Gasteiger partial charge is 0.478 e. The maximum Gasteiger partial charge on any atom is 0.353 e. The molecular weight excluding hydrogens is 484 g/mol. The Balaban J connectivity index is 1.80. The van der Waals surface area contributed by atoms with Gasteiger partial charge >= 0.3 is 11.9 Å². The topological polar surface area (TPSA) is 197 Å². The second-order valence-electron chi connectivity index (χ2n) is 6.35. The highest BCUT2D eigenvalue weighted by molar-refractivity contribution is 8.06. The fraction of sp³-hybridized carbons (Fsp3) is 0.438. The van der Waals surface area contributed by atoms with E-state index in [4.69, 9.17) is 15.7 Å². The van der Waals surface area contributed by atoms with Crippen LogP contribution in [0.15, 0.2) is 15.8 Å². The highest BCUT2D eigenvalue weighted by Gasteiger charge is 2.54. The Morgan fingerprint density at radius 1 is 1.44 bits per heavy atom. The number of thioether (sulfide) groups is 2. The molecular formula is C16H18N6O7S3. The van der Waals surface area contributed by atoms with E-state index >= 15 is 0 Å². The van der Waals surface area contributed by atoms with Gasteiger partial charge in [-0.1, -0.05) is 12.1 Å². The molecule has 172 valence electrons. The fourth-order valence-corrected chi connectivity index (χ4v) is 5.61. The normalized spacial score (nSPS) is 21.5. The summed E-state index contributed by atoms with van der Waals surface area (Å²) in [7, 11) is 0. The molecule has 3 rings (SSSR count). The van der Waals surface area contributed by atoms with Crippen LogP contribution in [0.3, 0.4) is 0 Å². The Bertz CT molecular complexity index is 1030. The highest BCUT2D eigenvalue weighted by Crippen LogP contribution is 2.43. The van der Waals surface area contributed by atoms with Crippen molar-refractivity contribution >= 4 is 69.7 Å². The molecule has 1 fully saturated rings. The lowest BCUT2D eigenvalue weighted by Crippen LogP contribution is -2.71. The van der Waals surface area contributed by atoms with E-state index < -0.39 is 47.0 Å². The third-order valence-corrected chi connectivity index (χ3v) is 7.24. The van der Waals surface area contributed by atoms with Crippen LogP contribution in [0, 0.1) is 0 Å². The Labute approximate surface area is 193 Å². The van der Waals surface area contributed by atoms with E-state index in [-0.39, 0.29) is 16.7 Å². The van der Waals surface area contributed by atoms with Gasteiger partial charge in [0.05, 0.1) is 0 Å². The first kappa shape index (κ1) is 23.8. The Kier molecular flexibility index (Phi) is 7.25. The zero-order valence-electron chi connectivity index (χ0n) is 16.7. The molecule has 2 aliphatic heterocycles. The minimum absolute atomic E-state index is 0.0395. The van der Waals surface area contributed by atoms with Crippen molar-refractivity contribution < 1.29 is 34.2 Å². The molecule has 0 spiro atoms. The molecule has 1 aromatic rings. The number of nitrogens with zero attached hydrogens (tertiary/aromatic N) is 4. The van der Waals surface area contributed by atoms with Gasteiger partial charge in [0.15, 0.2) is 5.13 Å². The standard InChI is InChI=1S/C16H18N6O7S3/c1-3-30-6-4-31-13-8(12(24)22(13)9(6)15(27)28)18-11(23)7(10-19-16(17)32-21-10)20-29-5(2)14(25)26/h5,8,13H,3-4H2,1-2H3,(H,18,23)(H,25,26)(H,27,28)(H2,17,19,21)/t5?,8?,13-/m0/s1. The van der Waals surface area contributed by atoms with Crippen molar-refractivity contribution in [2.45, 2.75) is 31.4 Å². The number of hydrogen-bond acceptors (Lipinski definition) is 12. The summed E-state index contributed by atoms with van der Waals surface area (Å²) >= 11 is 3.45. The molecule has 32 heavy (non-hydrogen) atoms. The number of carbonyl (C=O) groups excluding carboxylic acids is 2. The lowest BCUT2D eigenvalue weighted by atomic mass is 10.0.